The highest BCUT2D eigenvalue weighted by Gasteiger charge is 2.19. The van der Waals surface area contributed by atoms with Crippen LogP contribution in [0.2, 0.25) is 0 Å². The number of hydrogen-bond acceptors (Lipinski definition) is 3. The molecule has 0 spiro atoms. The van der Waals surface area contributed by atoms with Gasteiger partial charge in [0.2, 0.25) is 10.0 Å². The molecule has 7 heteroatoms. The zero-order valence-corrected chi connectivity index (χ0v) is 12.1. The van der Waals surface area contributed by atoms with Gasteiger partial charge in [0.25, 0.3) is 0 Å². The molecule has 0 amide bonds. The molecule has 1 aromatic carbocycles. The average Bonchev–Trinajstić information content (AvgIpc) is 2.40. The molecule has 2 rings (SSSR count). The van der Waals surface area contributed by atoms with Gasteiger partial charge in [0, 0.05) is 23.4 Å². The van der Waals surface area contributed by atoms with Crippen LogP contribution in [0.3, 0.4) is 0 Å². The van der Waals surface area contributed by atoms with Gasteiger partial charge in [-0.2, -0.15) is 0 Å². The zero-order valence-electron chi connectivity index (χ0n) is 9.68. The van der Waals surface area contributed by atoms with Crippen LogP contribution in [0.25, 0.3) is 0 Å². The van der Waals surface area contributed by atoms with Crippen LogP contribution in [-0.2, 0) is 16.6 Å². The molecule has 0 aliphatic carbocycles. The molecule has 2 aromatic rings. The first-order chi connectivity index (χ1) is 8.99. The van der Waals surface area contributed by atoms with Crippen LogP contribution in [0.5, 0.6) is 0 Å². The number of hydrogen-bond donors (Lipinski definition) is 1. The molecule has 0 radical (unpaired) electrons. The number of nitrogens with one attached hydrogen (secondary N) is 1. The van der Waals surface area contributed by atoms with E-state index in [-0.39, 0.29) is 11.4 Å². The minimum absolute atomic E-state index is 0.0577. The first kappa shape index (κ1) is 14.1. The van der Waals surface area contributed by atoms with E-state index in [2.05, 4.69) is 25.6 Å². The predicted octanol–water partition coefficient (Wildman–Crippen LogP) is 2.46. The molecule has 19 heavy (non-hydrogen) atoms. The molecule has 0 aliphatic heterocycles. The Hall–Kier alpha value is -1.31. The van der Waals surface area contributed by atoms with Gasteiger partial charge >= 0.3 is 0 Å². The molecule has 0 fully saturated rings. The van der Waals surface area contributed by atoms with Crippen molar-refractivity contribution in [2.24, 2.45) is 0 Å². The second kappa shape index (κ2) is 5.77. The maximum Gasteiger partial charge on any atom is 0.243 e. The Kier molecular flexibility index (Phi) is 4.28. The highest BCUT2D eigenvalue weighted by molar-refractivity contribution is 9.10. The van der Waals surface area contributed by atoms with E-state index in [1.54, 1.807) is 24.5 Å². The minimum atomic E-state index is -3.89. The van der Waals surface area contributed by atoms with E-state index in [0.29, 0.717) is 10.0 Å². The van der Waals surface area contributed by atoms with Crippen LogP contribution < -0.4 is 4.72 Å². The van der Waals surface area contributed by atoms with E-state index in [4.69, 9.17) is 0 Å². The third-order valence-electron chi connectivity index (χ3n) is 2.37. The summed E-state index contributed by atoms with van der Waals surface area (Å²) in [6, 6.07) is 7.19. The molecular weight excluding hydrogens is 335 g/mol. The largest absolute Gasteiger partial charge is 0.264 e. The smallest absolute Gasteiger partial charge is 0.243 e. The fourth-order valence-electron chi connectivity index (χ4n) is 1.44. The summed E-state index contributed by atoms with van der Waals surface area (Å²) >= 11 is 3.12. The van der Waals surface area contributed by atoms with Crippen LogP contribution in [-0.4, -0.2) is 13.4 Å². The second-order valence-electron chi connectivity index (χ2n) is 3.76. The van der Waals surface area contributed by atoms with Crippen molar-refractivity contribution in [3.05, 3.63) is 58.6 Å². The van der Waals surface area contributed by atoms with Crippen molar-refractivity contribution in [3.8, 4) is 0 Å². The lowest BCUT2D eigenvalue weighted by Gasteiger charge is -2.08. The fourth-order valence-corrected chi connectivity index (χ4v) is 3.07. The number of pyridine rings is 1. The molecule has 1 heterocycles. The Labute approximate surface area is 118 Å². The van der Waals surface area contributed by atoms with Crippen LogP contribution in [0.15, 0.2) is 52.1 Å². The Bertz CT molecular complexity index is 677. The highest BCUT2D eigenvalue weighted by atomic mass is 79.9. The van der Waals surface area contributed by atoms with Crippen molar-refractivity contribution in [1.82, 2.24) is 9.71 Å². The van der Waals surface area contributed by atoms with Crippen molar-refractivity contribution in [2.45, 2.75) is 11.4 Å². The van der Waals surface area contributed by atoms with Gasteiger partial charge in [-0.1, -0.05) is 22.0 Å². The van der Waals surface area contributed by atoms with Crippen LogP contribution in [0.4, 0.5) is 4.39 Å². The minimum Gasteiger partial charge on any atom is -0.264 e. The number of sulfonamides is 1. The van der Waals surface area contributed by atoms with E-state index < -0.39 is 15.8 Å². The first-order valence-corrected chi connectivity index (χ1v) is 7.60. The highest BCUT2D eigenvalue weighted by Crippen LogP contribution is 2.20. The molecule has 1 aromatic heterocycles. The molecule has 0 saturated carbocycles. The third-order valence-corrected chi connectivity index (χ3v) is 4.28. The van der Waals surface area contributed by atoms with Crippen molar-refractivity contribution in [2.75, 3.05) is 0 Å². The topological polar surface area (TPSA) is 59.1 Å². The lowest BCUT2D eigenvalue weighted by atomic mass is 10.3. The van der Waals surface area contributed by atoms with Gasteiger partial charge in [0.15, 0.2) is 0 Å². The Balaban J connectivity index is 2.21. The zero-order chi connectivity index (χ0) is 13.9. The summed E-state index contributed by atoms with van der Waals surface area (Å²) in [7, 11) is -3.89. The van der Waals surface area contributed by atoms with Gasteiger partial charge in [-0.3, -0.25) is 4.98 Å². The Morgan fingerprint density at radius 3 is 2.79 bits per heavy atom. The van der Waals surface area contributed by atoms with Crippen molar-refractivity contribution in [1.29, 1.82) is 0 Å². The molecule has 0 atom stereocenters. The standard InChI is InChI=1S/C12H10BrFN2O2S/c13-10-3-4-11(14)12(6-10)19(17,18)16-8-9-2-1-5-15-7-9/h1-7,16H,8H2. The summed E-state index contributed by atoms with van der Waals surface area (Å²) in [6.45, 7) is 0.0577. The molecule has 1 N–H and O–H groups in total. The summed E-state index contributed by atoms with van der Waals surface area (Å²) in [5, 5.41) is 0. The first-order valence-electron chi connectivity index (χ1n) is 5.33. The van der Waals surface area contributed by atoms with Crippen molar-refractivity contribution in [3.63, 3.8) is 0 Å². The monoisotopic (exact) mass is 344 g/mol. The summed E-state index contributed by atoms with van der Waals surface area (Å²) in [5.41, 5.74) is 0.696. The molecular formula is C12H10BrFN2O2S. The maximum atomic E-state index is 13.5. The molecule has 0 aliphatic rings. The lowest BCUT2D eigenvalue weighted by molar-refractivity contribution is 0.556. The van der Waals surface area contributed by atoms with Gasteiger partial charge in [-0.05, 0) is 29.8 Å². The average molecular weight is 345 g/mol. The fraction of sp³-hybridized carbons (Fsp3) is 0.0833. The van der Waals surface area contributed by atoms with Crippen molar-refractivity contribution >= 4 is 26.0 Å². The maximum absolute atomic E-state index is 13.5. The number of rotatable bonds is 4. The van der Waals surface area contributed by atoms with Gasteiger partial charge in [0.1, 0.15) is 10.7 Å². The van der Waals surface area contributed by atoms with E-state index in [9.17, 15) is 12.8 Å². The van der Waals surface area contributed by atoms with Crippen LogP contribution in [0, 0.1) is 5.82 Å². The second-order valence-corrected chi connectivity index (χ2v) is 6.41. The van der Waals surface area contributed by atoms with E-state index in [0.717, 1.165) is 6.07 Å². The van der Waals surface area contributed by atoms with Crippen molar-refractivity contribution < 1.29 is 12.8 Å². The summed E-state index contributed by atoms with van der Waals surface area (Å²) in [6.07, 6.45) is 3.13. The number of aromatic nitrogens is 1. The predicted molar refractivity (Wildman–Crippen MR) is 72.4 cm³/mol. The molecule has 0 unspecified atom stereocenters. The van der Waals surface area contributed by atoms with Crippen LogP contribution in [0.1, 0.15) is 5.56 Å². The van der Waals surface area contributed by atoms with Gasteiger partial charge in [-0.15, -0.1) is 0 Å². The van der Waals surface area contributed by atoms with E-state index in [1.807, 2.05) is 0 Å². The molecule has 4 nitrogen and oxygen atoms in total. The number of nitrogens with zero attached hydrogens (tertiary/aromatic N) is 1. The normalized spacial score (nSPS) is 11.5. The van der Waals surface area contributed by atoms with E-state index in [1.165, 1.54) is 12.1 Å². The van der Waals surface area contributed by atoms with Gasteiger partial charge in [0.05, 0.1) is 0 Å². The van der Waals surface area contributed by atoms with E-state index >= 15 is 0 Å². The molecule has 0 saturated heterocycles. The molecule has 100 valence electrons. The van der Waals surface area contributed by atoms with Gasteiger partial charge < -0.3 is 0 Å². The number of halogens is 2. The quantitative estimate of drug-likeness (QED) is 0.926. The summed E-state index contributed by atoms with van der Waals surface area (Å²) < 4.78 is 40.3. The van der Waals surface area contributed by atoms with Gasteiger partial charge in [-0.25, -0.2) is 17.5 Å². The Morgan fingerprint density at radius 1 is 1.32 bits per heavy atom. The lowest BCUT2D eigenvalue weighted by Crippen LogP contribution is -2.24. The summed E-state index contributed by atoms with van der Waals surface area (Å²) in [4.78, 5) is 3.49. The third kappa shape index (κ3) is 3.59. The molecule has 0 bridgehead atoms. The Morgan fingerprint density at radius 2 is 2.11 bits per heavy atom. The SMILES string of the molecule is O=S(=O)(NCc1cccnc1)c1cc(Br)ccc1F. The summed E-state index contributed by atoms with van der Waals surface area (Å²) in [5.74, 6) is -0.790. The van der Waals surface area contributed by atoms with Crippen LogP contribution >= 0.6 is 15.9 Å². The number of benzene rings is 1.